The van der Waals surface area contributed by atoms with Gasteiger partial charge in [-0.1, -0.05) is 29.8 Å². The molecule has 25 heavy (non-hydrogen) atoms. The maximum Gasteiger partial charge on any atom is 0.260 e. The summed E-state index contributed by atoms with van der Waals surface area (Å²) in [5.74, 6) is 0.134. The Labute approximate surface area is 147 Å². The number of hydrogen-bond donors (Lipinski definition) is 1. The quantitative estimate of drug-likeness (QED) is 0.548. The average molecular weight is 350 g/mol. The fraction of sp³-hybridized carbons (Fsp3) is 0.100. The van der Waals surface area contributed by atoms with Crippen molar-refractivity contribution < 1.29 is 4.39 Å². The average Bonchev–Trinajstić information content (AvgIpc) is 2.93. The molecule has 0 unspecified atom stereocenters. The Balaban J connectivity index is 1.93. The molecule has 4 aromatic rings. The number of fused-ring (bicyclic) bond motifs is 1. The minimum atomic E-state index is -0.319. The van der Waals surface area contributed by atoms with Gasteiger partial charge in [0, 0.05) is 16.0 Å². The van der Waals surface area contributed by atoms with Gasteiger partial charge in [0.1, 0.15) is 16.5 Å². The zero-order valence-corrected chi connectivity index (χ0v) is 14.6. The van der Waals surface area contributed by atoms with E-state index < -0.39 is 0 Å². The molecule has 0 fully saturated rings. The molecule has 0 amide bonds. The summed E-state index contributed by atoms with van der Waals surface area (Å²) in [5, 5.41) is 0.609. The summed E-state index contributed by atoms with van der Waals surface area (Å²) in [6.07, 6.45) is 0. The number of aryl methyl sites for hydroxylation is 2. The third-order valence-corrected chi connectivity index (χ3v) is 5.20. The molecule has 1 N–H and O–H groups in total. The predicted molar refractivity (Wildman–Crippen MR) is 101 cm³/mol. The Morgan fingerprint density at radius 2 is 1.60 bits per heavy atom. The van der Waals surface area contributed by atoms with Crippen LogP contribution in [-0.2, 0) is 0 Å². The number of rotatable bonds is 2. The van der Waals surface area contributed by atoms with Gasteiger partial charge in [-0.25, -0.2) is 9.37 Å². The van der Waals surface area contributed by atoms with Crippen LogP contribution < -0.4 is 5.56 Å². The van der Waals surface area contributed by atoms with Crippen LogP contribution in [0.1, 0.15) is 10.4 Å². The van der Waals surface area contributed by atoms with Gasteiger partial charge in [-0.05, 0) is 43.7 Å². The molecule has 124 valence electrons. The molecule has 0 saturated carbocycles. The van der Waals surface area contributed by atoms with E-state index in [-0.39, 0.29) is 11.4 Å². The van der Waals surface area contributed by atoms with E-state index in [1.165, 1.54) is 29.0 Å². The third kappa shape index (κ3) is 2.76. The molecule has 0 spiro atoms. The fourth-order valence-electron chi connectivity index (χ4n) is 2.93. The highest BCUT2D eigenvalue weighted by Gasteiger charge is 2.17. The molecular formula is C20H15FN2OS. The lowest BCUT2D eigenvalue weighted by Gasteiger charge is -2.04. The van der Waals surface area contributed by atoms with Crippen LogP contribution in [0.25, 0.3) is 32.7 Å². The molecule has 0 aliphatic carbocycles. The van der Waals surface area contributed by atoms with E-state index in [1.807, 2.05) is 38.1 Å². The molecule has 4 rings (SSSR count). The van der Waals surface area contributed by atoms with Gasteiger partial charge in [0.15, 0.2) is 0 Å². The van der Waals surface area contributed by atoms with Crippen molar-refractivity contribution in [3.05, 3.63) is 75.1 Å². The van der Waals surface area contributed by atoms with Crippen LogP contribution in [0.4, 0.5) is 4.39 Å². The van der Waals surface area contributed by atoms with Gasteiger partial charge in [-0.2, -0.15) is 0 Å². The summed E-state index contributed by atoms with van der Waals surface area (Å²) in [5.41, 5.74) is 3.62. The molecule has 0 saturated heterocycles. The van der Waals surface area contributed by atoms with E-state index in [0.717, 1.165) is 16.0 Å². The van der Waals surface area contributed by atoms with E-state index in [2.05, 4.69) is 9.97 Å². The first kappa shape index (κ1) is 15.7. The van der Waals surface area contributed by atoms with Crippen LogP contribution in [0.15, 0.2) is 53.3 Å². The molecule has 0 aliphatic heterocycles. The number of H-pyrrole nitrogens is 1. The van der Waals surface area contributed by atoms with Crippen molar-refractivity contribution in [2.75, 3.05) is 0 Å². The Morgan fingerprint density at radius 3 is 2.28 bits per heavy atom. The number of nitrogens with one attached hydrogen (secondary N) is 1. The lowest BCUT2D eigenvalue weighted by atomic mass is 10.0. The van der Waals surface area contributed by atoms with Crippen molar-refractivity contribution >= 4 is 21.6 Å². The molecule has 0 atom stereocenters. The number of benzene rings is 2. The molecule has 2 aromatic carbocycles. The minimum Gasteiger partial charge on any atom is -0.306 e. The second-order valence-corrected chi connectivity index (χ2v) is 7.20. The van der Waals surface area contributed by atoms with Gasteiger partial charge in [0.05, 0.1) is 5.39 Å². The summed E-state index contributed by atoms with van der Waals surface area (Å²) in [6.45, 7) is 4.03. The Kier molecular flexibility index (Phi) is 3.73. The van der Waals surface area contributed by atoms with Crippen LogP contribution in [0, 0.1) is 19.7 Å². The SMILES string of the molecule is Cc1ccc(-c2c(C)sc3nc(-c4ccc(F)cc4)[nH]c(=O)c23)cc1. The normalized spacial score (nSPS) is 11.2. The highest BCUT2D eigenvalue weighted by molar-refractivity contribution is 7.19. The zero-order chi connectivity index (χ0) is 17.6. The number of nitrogens with zero attached hydrogens (tertiary/aromatic N) is 1. The maximum absolute atomic E-state index is 13.1. The molecule has 2 aromatic heterocycles. The number of aromatic amines is 1. The largest absolute Gasteiger partial charge is 0.306 e. The molecule has 0 bridgehead atoms. The molecule has 3 nitrogen and oxygen atoms in total. The topological polar surface area (TPSA) is 45.8 Å². The van der Waals surface area contributed by atoms with Gasteiger partial charge in [-0.3, -0.25) is 4.79 Å². The van der Waals surface area contributed by atoms with Gasteiger partial charge in [-0.15, -0.1) is 11.3 Å². The first-order chi connectivity index (χ1) is 12.0. The van der Waals surface area contributed by atoms with Crippen LogP contribution in [-0.4, -0.2) is 9.97 Å². The first-order valence-electron chi connectivity index (χ1n) is 7.89. The van der Waals surface area contributed by atoms with E-state index >= 15 is 0 Å². The summed E-state index contributed by atoms with van der Waals surface area (Å²) in [6, 6.07) is 14.1. The lowest BCUT2D eigenvalue weighted by molar-refractivity contribution is 0.628. The Morgan fingerprint density at radius 1 is 0.960 bits per heavy atom. The van der Waals surface area contributed by atoms with Crippen molar-refractivity contribution in [3.8, 4) is 22.5 Å². The van der Waals surface area contributed by atoms with Crippen LogP contribution in [0.2, 0.25) is 0 Å². The van der Waals surface area contributed by atoms with Crippen molar-refractivity contribution in [3.63, 3.8) is 0 Å². The predicted octanol–water partition coefficient (Wildman–Crippen LogP) is 5.07. The summed E-state index contributed by atoms with van der Waals surface area (Å²) in [4.78, 5) is 21.9. The number of aromatic nitrogens is 2. The van der Waals surface area contributed by atoms with Gasteiger partial charge in [0.2, 0.25) is 0 Å². The van der Waals surface area contributed by atoms with E-state index in [1.54, 1.807) is 12.1 Å². The second kappa shape index (κ2) is 5.93. The van der Waals surface area contributed by atoms with Crippen LogP contribution >= 0.6 is 11.3 Å². The molecule has 5 heteroatoms. The number of hydrogen-bond acceptors (Lipinski definition) is 3. The third-order valence-electron chi connectivity index (χ3n) is 4.20. The maximum atomic E-state index is 13.1. The van der Waals surface area contributed by atoms with Crippen molar-refractivity contribution in [1.82, 2.24) is 9.97 Å². The van der Waals surface area contributed by atoms with E-state index in [9.17, 15) is 9.18 Å². The number of halogens is 1. The van der Waals surface area contributed by atoms with Gasteiger partial charge >= 0.3 is 0 Å². The smallest absolute Gasteiger partial charge is 0.260 e. The van der Waals surface area contributed by atoms with Crippen molar-refractivity contribution in [1.29, 1.82) is 0 Å². The van der Waals surface area contributed by atoms with E-state index in [0.29, 0.717) is 21.6 Å². The highest BCUT2D eigenvalue weighted by Crippen LogP contribution is 2.36. The molecule has 2 heterocycles. The fourth-order valence-corrected chi connectivity index (χ4v) is 3.98. The lowest BCUT2D eigenvalue weighted by Crippen LogP contribution is -2.09. The Hall–Kier alpha value is -2.79. The monoisotopic (exact) mass is 350 g/mol. The van der Waals surface area contributed by atoms with Gasteiger partial charge in [0.25, 0.3) is 5.56 Å². The first-order valence-corrected chi connectivity index (χ1v) is 8.71. The molecule has 0 aliphatic rings. The molecular weight excluding hydrogens is 335 g/mol. The standard InChI is InChI=1S/C20H15FN2OS/c1-11-3-5-13(6-4-11)16-12(2)25-20-17(16)19(24)22-18(23-20)14-7-9-15(21)10-8-14/h3-10H,1-2H3,(H,22,23,24). The van der Waals surface area contributed by atoms with Gasteiger partial charge < -0.3 is 4.98 Å². The van der Waals surface area contributed by atoms with Crippen LogP contribution in [0.3, 0.4) is 0 Å². The summed E-state index contributed by atoms with van der Waals surface area (Å²) >= 11 is 1.50. The highest BCUT2D eigenvalue weighted by atomic mass is 32.1. The zero-order valence-electron chi connectivity index (χ0n) is 13.8. The summed E-state index contributed by atoms with van der Waals surface area (Å²) < 4.78 is 13.1. The molecule has 0 radical (unpaired) electrons. The van der Waals surface area contributed by atoms with Crippen molar-refractivity contribution in [2.45, 2.75) is 13.8 Å². The Bertz CT molecular complexity index is 1130. The van der Waals surface area contributed by atoms with Crippen LogP contribution in [0.5, 0.6) is 0 Å². The minimum absolute atomic E-state index is 0.177. The van der Waals surface area contributed by atoms with Crippen molar-refractivity contribution in [2.24, 2.45) is 0 Å². The summed E-state index contributed by atoms with van der Waals surface area (Å²) in [7, 11) is 0. The number of thiophene rings is 1. The van der Waals surface area contributed by atoms with E-state index in [4.69, 9.17) is 0 Å². The second-order valence-electron chi connectivity index (χ2n) is 6.00.